The minimum atomic E-state index is 0.787. The van der Waals surface area contributed by atoms with Crippen molar-refractivity contribution in [3.8, 4) is 22.6 Å². The van der Waals surface area contributed by atoms with Gasteiger partial charge in [0.15, 0.2) is 0 Å². The summed E-state index contributed by atoms with van der Waals surface area (Å²) in [5, 5.41) is 4.45. The summed E-state index contributed by atoms with van der Waals surface area (Å²) in [5.41, 5.74) is 3.26. The van der Waals surface area contributed by atoms with E-state index >= 15 is 0 Å². The minimum Gasteiger partial charge on any atom is -0.497 e. The fourth-order valence-corrected chi connectivity index (χ4v) is 2.00. The van der Waals surface area contributed by atoms with Gasteiger partial charge in [-0.1, -0.05) is 6.92 Å². The van der Waals surface area contributed by atoms with Gasteiger partial charge in [0.05, 0.1) is 19.9 Å². The van der Waals surface area contributed by atoms with Crippen molar-refractivity contribution in [3.05, 3.63) is 30.1 Å². The molecule has 0 saturated carbocycles. The maximum absolute atomic E-state index is 5.29. The molecule has 1 aromatic carbocycles. The Kier molecular flexibility index (Phi) is 3.55. The molecule has 0 saturated heterocycles. The molecule has 2 rings (SSSR count). The zero-order valence-corrected chi connectivity index (χ0v) is 11.2. The molecule has 0 fully saturated rings. The molecule has 0 amide bonds. The topological polar surface area (TPSA) is 36.3 Å². The van der Waals surface area contributed by atoms with E-state index in [1.807, 2.05) is 36.1 Å². The van der Waals surface area contributed by atoms with Gasteiger partial charge in [0, 0.05) is 24.9 Å². The Labute approximate surface area is 107 Å². The number of hydrogen-bond donors (Lipinski definition) is 0. The van der Waals surface area contributed by atoms with Gasteiger partial charge in [-0.05, 0) is 24.1 Å². The van der Waals surface area contributed by atoms with E-state index in [2.05, 4.69) is 12.0 Å². The lowest BCUT2D eigenvalue weighted by Crippen LogP contribution is -1.90. The Hall–Kier alpha value is -1.97. The third-order valence-electron chi connectivity index (χ3n) is 2.90. The standard InChI is InChI=1S/C14H18N2O2/c1-5-14-13(9-16(2)15-14)10-6-11(17-3)8-12(7-10)18-4/h6-9H,5H2,1-4H3. The second kappa shape index (κ2) is 5.12. The van der Waals surface area contributed by atoms with Gasteiger partial charge in [0.2, 0.25) is 0 Å². The van der Waals surface area contributed by atoms with Crippen LogP contribution in [0.25, 0.3) is 11.1 Å². The van der Waals surface area contributed by atoms with E-state index in [0.717, 1.165) is 34.7 Å². The highest BCUT2D eigenvalue weighted by atomic mass is 16.5. The lowest BCUT2D eigenvalue weighted by Gasteiger charge is -2.08. The lowest BCUT2D eigenvalue weighted by atomic mass is 10.0. The predicted molar refractivity (Wildman–Crippen MR) is 71.1 cm³/mol. The van der Waals surface area contributed by atoms with Crippen molar-refractivity contribution in [1.82, 2.24) is 9.78 Å². The van der Waals surface area contributed by atoms with E-state index in [1.165, 1.54) is 0 Å². The Morgan fingerprint density at radius 2 is 1.72 bits per heavy atom. The summed E-state index contributed by atoms with van der Waals surface area (Å²) in [6, 6.07) is 5.86. The number of aromatic nitrogens is 2. The average molecular weight is 246 g/mol. The van der Waals surface area contributed by atoms with Gasteiger partial charge in [-0.2, -0.15) is 5.10 Å². The second-order valence-electron chi connectivity index (χ2n) is 4.12. The summed E-state index contributed by atoms with van der Waals surface area (Å²) in [7, 11) is 5.24. The maximum Gasteiger partial charge on any atom is 0.123 e. The zero-order valence-electron chi connectivity index (χ0n) is 11.2. The van der Waals surface area contributed by atoms with E-state index in [4.69, 9.17) is 9.47 Å². The molecular formula is C14H18N2O2. The van der Waals surface area contributed by atoms with Crippen LogP contribution >= 0.6 is 0 Å². The number of rotatable bonds is 4. The molecule has 2 aromatic rings. The van der Waals surface area contributed by atoms with Crippen molar-refractivity contribution in [2.24, 2.45) is 7.05 Å². The van der Waals surface area contributed by atoms with Gasteiger partial charge in [0.25, 0.3) is 0 Å². The van der Waals surface area contributed by atoms with Gasteiger partial charge in [-0.15, -0.1) is 0 Å². The monoisotopic (exact) mass is 246 g/mol. The molecule has 0 unspecified atom stereocenters. The molecule has 1 heterocycles. The maximum atomic E-state index is 5.29. The fourth-order valence-electron chi connectivity index (χ4n) is 2.00. The van der Waals surface area contributed by atoms with E-state index in [0.29, 0.717) is 0 Å². The molecule has 96 valence electrons. The molecule has 4 heteroatoms. The van der Waals surface area contributed by atoms with Crippen LogP contribution in [0.5, 0.6) is 11.5 Å². The van der Waals surface area contributed by atoms with Gasteiger partial charge in [-0.25, -0.2) is 0 Å². The first-order chi connectivity index (χ1) is 8.67. The van der Waals surface area contributed by atoms with Crippen LogP contribution in [0, 0.1) is 0 Å². The van der Waals surface area contributed by atoms with Crippen molar-refractivity contribution < 1.29 is 9.47 Å². The van der Waals surface area contributed by atoms with Crippen LogP contribution in [0.3, 0.4) is 0 Å². The SMILES string of the molecule is CCc1nn(C)cc1-c1cc(OC)cc(OC)c1. The van der Waals surface area contributed by atoms with Crippen LogP contribution < -0.4 is 9.47 Å². The van der Waals surface area contributed by atoms with Gasteiger partial charge < -0.3 is 9.47 Å². The van der Waals surface area contributed by atoms with E-state index in [9.17, 15) is 0 Å². The van der Waals surface area contributed by atoms with E-state index in [-0.39, 0.29) is 0 Å². The number of methoxy groups -OCH3 is 2. The lowest BCUT2D eigenvalue weighted by molar-refractivity contribution is 0.394. The van der Waals surface area contributed by atoms with Crippen LogP contribution in [0.1, 0.15) is 12.6 Å². The number of aryl methyl sites for hydroxylation is 2. The van der Waals surface area contributed by atoms with Crippen molar-refractivity contribution >= 4 is 0 Å². The van der Waals surface area contributed by atoms with Crippen LogP contribution in [-0.2, 0) is 13.5 Å². The highest BCUT2D eigenvalue weighted by Gasteiger charge is 2.11. The quantitative estimate of drug-likeness (QED) is 0.832. The Morgan fingerprint density at radius 1 is 1.11 bits per heavy atom. The van der Waals surface area contributed by atoms with Crippen LogP contribution in [-0.4, -0.2) is 24.0 Å². The zero-order chi connectivity index (χ0) is 13.1. The van der Waals surface area contributed by atoms with Gasteiger partial charge in [-0.3, -0.25) is 4.68 Å². The highest BCUT2D eigenvalue weighted by Crippen LogP contribution is 2.31. The molecule has 0 N–H and O–H groups in total. The average Bonchev–Trinajstić information content (AvgIpc) is 2.79. The summed E-state index contributed by atoms with van der Waals surface area (Å²) in [4.78, 5) is 0. The number of benzene rings is 1. The first-order valence-electron chi connectivity index (χ1n) is 5.94. The van der Waals surface area contributed by atoms with Gasteiger partial charge >= 0.3 is 0 Å². The molecule has 0 aliphatic carbocycles. The van der Waals surface area contributed by atoms with Crippen LogP contribution in [0.2, 0.25) is 0 Å². The fraction of sp³-hybridized carbons (Fsp3) is 0.357. The third kappa shape index (κ3) is 2.32. The van der Waals surface area contributed by atoms with Crippen molar-refractivity contribution in [1.29, 1.82) is 0 Å². The largest absolute Gasteiger partial charge is 0.497 e. The Balaban J connectivity index is 2.54. The summed E-state index contributed by atoms with van der Waals surface area (Å²) in [6.45, 7) is 2.10. The molecule has 0 aliphatic rings. The third-order valence-corrected chi connectivity index (χ3v) is 2.90. The molecular weight excluding hydrogens is 228 g/mol. The summed E-state index contributed by atoms with van der Waals surface area (Å²) in [6.07, 6.45) is 2.92. The normalized spacial score (nSPS) is 10.4. The Morgan fingerprint density at radius 3 is 2.22 bits per heavy atom. The molecule has 0 atom stereocenters. The molecule has 0 radical (unpaired) electrons. The van der Waals surface area contributed by atoms with Crippen molar-refractivity contribution in [3.63, 3.8) is 0 Å². The molecule has 1 aromatic heterocycles. The van der Waals surface area contributed by atoms with Crippen LogP contribution in [0.4, 0.5) is 0 Å². The van der Waals surface area contributed by atoms with E-state index in [1.54, 1.807) is 14.2 Å². The van der Waals surface area contributed by atoms with Gasteiger partial charge in [0.1, 0.15) is 11.5 Å². The smallest absolute Gasteiger partial charge is 0.123 e. The predicted octanol–water partition coefficient (Wildman–Crippen LogP) is 2.67. The van der Waals surface area contributed by atoms with E-state index < -0.39 is 0 Å². The highest BCUT2D eigenvalue weighted by molar-refractivity contribution is 5.69. The summed E-state index contributed by atoms with van der Waals surface area (Å²) >= 11 is 0. The summed E-state index contributed by atoms with van der Waals surface area (Å²) < 4.78 is 12.4. The number of ether oxygens (including phenoxy) is 2. The first kappa shape index (κ1) is 12.5. The first-order valence-corrected chi connectivity index (χ1v) is 5.94. The summed E-state index contributed by atoms with van der Waals surface area (Å²) in [5.74, 6) is 1.57. The number of hydrogen-bond acceptors (Lipinski definition) is 3. The Bertz CT molecular complexity index is 524. The van der Waals surface area contributed by atoms with Crippen molar-refractivity contribution in [2.75, 3.05) is 14.2 Å². The minimum absolute atomic E-state index is 0.787. The number of nitrogens with zero attached hydrogens (tertiary/aromatic N) is 2. The molecule has 0 spiro atoms. The van der Waals surface area contributed by atoms with Crippen LogP contribution in [0.15, 0.2) is 24.4 Å². The van der Waals surface area contributed by atoms with Crippen molar-refractivity contribution in [2.45, 2.75) is 13.3 Å². The second-order valence-corrected chi connectivity index (χ2v) is 4.12. The molecule has 0 bridgehead atoms. The molecule has 18 heavy (non-hydrogen) atoms. The molecule has 0 aliphatic heterocycles. The molecule has 4 nitrogen and oxygen atoms in total.